The Morgan fingerprint density at radius 3 is 2.80 bits per heavy atom. The van der Waals surface area contributed by atoms with Gasteiger partial charge in [0.2, 0.25) is 0 Å². The van der Waals surface area contributed by atoms with Gasteiger partial charge in [-0.25, -0.2) is 0 Å². The van der Waals surface area contributed by atoms with E-state index in [9.17, 15) is 0 Å². The number of hydrogen-bond acceptors (Lipinski definition) is 4. The van der Waals surface area contributed by atoms with E-state index >= 15 is 0 Å². The Kier molecular flexibility index (Phi) is 6.54. The minimum atomic E-state index is 0.655. The molecule has 0 amide bonds. The average Bonchev–Trinajstić information content (AvgIpc) is 2.52. The summed E-state index contributed by atoms with van der Waals surface area (Å²) in [5, 5.41) is 4.44. The molecule has 112 valence electrons. The molecule has 0 saturated heterocycles. The summed E-state index contributed by atoms with van der Waals surface area (Å²) in [6.07, 6.45) is 7.52. The summed E-state index contributed by atoms with van der Waals surface area (Å²) in [6, 6.07) is 8.45. The Labute approximate surface area is 126 Å². The Balaban J connectivity index is 1.68. The van der Waals surface area contributed by atoms with Gasteiger partial charge in [0.1, 0.15) is 6.61 Å². The first-order valence-electron chi connectivity index (χ1n) is 7.35. The van der Waals surface area contributed by atoms with Gasteiger partial charge in [0, 0.05) is 17.8 Å². The molecule has 1 aliphatic rings. The van der Waals surface area contributed by atoms with Crippen LogP contribution < -0.4 is 14.8 Å². The van der Waals surface area contributed by atoms with Gasteiger partial charge in [0.05, 0.1) is 7.11 Å². The predicted molar refractivity (Wildman–Crippen MR) is 86.1 cm³/mol. The van der Waals surface area contributed by atoms with Gasteiger partial charge in [-0.3, -0.25) is 0 Å². The van der Waals surface area contributed by atoms with Crippen molar-refractivity contribution in [2.24, 2.45) is 0 Å². The summed E-state index contributed by atoms with van der Waals surface area (Å²) in [7, 11) is 1.67. The summed E-state index contributed by atoms with van der Waals surface area (Å²) in [4.78, 5) is 0. The van der Waals surface area contributed by atoms with Crippen LogP contribution in [0.4, 0.5) is 0 Å². The van der Waals surface area contributed by atoms with Crippen LogP contribution in [0.1, 0.15) is 25.7 Å². The summed E-state index contributed by atoms with van der Waals surface area (Å²) >= 11 is 2.00. The zero-order valence-electron chi connectivity index (χ0n) is 12.4. The van der Waals surface area contributed by atoms with Crippen molar-refractivity contribution in [2.45, 2.75) is 37.0 Å². The first-order valence-corrected chi connectivity index (χ1v) is 8.64. The van der Waals surface area contributed by atoms with E-state index in [1.54, 1.807) is 7.11 Å². The highest BCUT2D eigenvalue weighted by Gasteiger charge is 2.20. The smallest absolute Gasteiger partial charge is 0.161 e. The van der Waals surface area contributed by atoms with E-state index in [0.717, 1.165) is 23.3 Å². The first kappa shape index (κ1) is 15.5. The third kappa shape index (κ3) is 4.60. The molecule has 4 heteroatoms. The van der Waals surface area contributed by atoms with Gasteiger partial charge in [-0.2, -0.15) is 11.8 Å². The van der Waals surface area contributed by atoms with Crippen molar-refractivity contribution in [1.82, 2.24) is 5.32 Å². The van der Waals surface area contributed by atoms with Crippen molar-refractivity contribution in [1.29, 1.82) is 0 Å². The average molecular weight is 295 g/mol. The van der Waals surface area contributed by atoms with Crippen LogP contribution in [0.2, 0.25) is 0 Å². The van der Waals surface area contributed by atoms with Crippen LogP contribution in [0.5, 0.6) is 11.5 Å². The molecule has 1 aromatic rings. The van der Waals surface area contributed by atoms with Gasteiger partial charge in [0.15, 0.2) is 11.5 Å². The van der Waals surface area contributed by atoms with Crippen molar-refractivity contribution in [3.63, 3.8) is 0 Å². The van der Waals surface area contributed by atoms with Crippen molar-refractivity contribution in [3.05, 3.63) is 24.3 Å². The highest BCUT2D eigenvalue weighted by molar-refractivity contribution is 7.99. The largest absolute Gasteiger partial charge is 0.493 e. The third-order valence-electron chi connectivity index (χ3n) is 3.82. The van der Waals surface area contributed by atoms with Crippen LogP contribution in [0.3, 0.4) is 0 Å². The normalized spacial score (nSPS) is 22.5. The Hall–Kier alpha value is -0.870. The predicted octanol–water partition coefficient (Wildman–Crippen LogP) is 3.34. The van der Waals surface area contributed by atoms with Crippen LogP contribution in [-0.4, -0.2) is 37.8 Å². The van der Waals surface area contributed by atoms with Crippen LogP contribution in [-0.2, 0) is 0 Å². The SMILES string of the molecule is COc1ccccc1OCCNC1CCCC(SC)C1. The number of thioether (sulfide) groups is 1. The molecule has 20 heavy (non-hydrogen) atoms. The molecular formula is C16H25NO2S. The molecule has 0 heterocycles. The second-order valence-corrected chi connectivity index (χ2v) is 6.31. The molecule has 1 aliphatic carbocycles. The number of hydrogen-bond donors (Lipinski definition) is 1. The van der Waals surface area contributed by atoms with E-state index in [0.29, 0.717) is 12.6 Å². The van der Waals surface area contributed by atoms with Gasteiger partial charge in [0.25, 0.3) is 0 Å². The molecule has 1 aromatic carbocycles. The number of ether oxygens (including phenoxy) is 2. The summed E-state index contributed by atoms with van der Waals surface area (Å²) in [6.45, 7) is 1.57. The van der Waals surface area contributed by atoms with Gasteiger partial charge in [-0.1, -0.05) is 18.6 Å². The molecule has 0 bridgehead atoms. The minimum Gasteiger partial charge on any atom is -0.493 e. The van der Waals surface area contributed by atoms with Crippen LogP contribution in [0, 0.1) is 0 Å². The third-order valence-corrected chi connectivity index (χ3v) is 4.92. The fourth-order valence-electron chi connectivity index (χ4n) is 2.71. The van der Waals surface area contributed by atoms with Crippen molar-refractivity contribution in [2.75, 3.05) is 26.5 Å². The van der Waals surface area contributed by atoms with E-state index in [2.05, 4.69) is 11.6 Å². The van der Waals surface area contributed by atoms with Crippen molar-refractivity contribution >= 4 is 11.8 Å². The van der Waals surface area contributed by atoms with Crippen LogP contribution >= 0.6 is 11.8 Å². The molecule has 3 nitrogen and oxygen atoms in total. The Morgan fingerprint density at radius 2 is 2.05 bits per heavy atom. The van der Waals surface area contributed by atoms with Gasteiger partial charge in [-0.05, 0) is 37.7 Å². The molecule has 2 atom stereocenters. The number of rotatable bonds is 7. The maximum atomic E-state index is 5.78. The number of benzene rings is 1. The molecule has 1 saturated carbocycles. The standard InChI is InChI=1S/C16H25NO2S/c1-18-15-8-3-4-9-16(15)19-11-10-17-13-6-5-7-14(12-13)20-2/h3-4,8-9,13-14,17H,5-7,10-12H2,1-2H3. The lowest BCUT2D eigenvalue weighted by Crippen LogP contribution is -2.37. The zero-order chi connectivity index (χ0) is 14.2. The quantitative estimate of drug-likeness (QED) is 0.782. The minimum absolute atomic E-state index is 0.655. The fourth-order valence-corrected chi connectivity index (χ4v) is 3.53. The molecule has 1 N–H and O–H groups in total. The van der Waals surface area contributed by atoms with E-state index in [-0.39, 0.29) is 0 Å². The second kappa shape index (κ2) is 8.42. The molecule has 0 spiro atoms. The maximum Gasteiger partial charge on any atom is 0.161 e. The number of para-hydroxylation sites is 2. The molecule has 0 aliphatic heterocycles. The zero-order valence-corrected chi connectivity index (χ0v) is 13.2. The highest BCUT2D eigenvalue weighted by Crippen LogP contribution is 2.27. The Bertz CT molecular complexity index is 400. The van der Waals surface area contributed by atoms with Gasteiger partial charge in [-0.15, -0.1) is 0 Å². The first-order chi connectivity index (χ1) is 9.83. The summed E-state index contributed by atoms with van der Waals surface area (Å²) in [5.74, 6) is 1.62. The lowest BCUT2D eigenvalue weighted by Gasteiger charge is -2.28. The number of methoxy groups -OCH3 is 1. The van der Waals surface area contributed by atoms with Crippen molar-refractivity contribution in [3.8, 4) is 11.5 Å². The summed E-state index contributed by atoms with van der Waals surface area (Å²) < 4.78 is 11.1. The van der Waals surface area contributed by atoms with Crippen LogP contribution in [0.25, 0.3) is 0 Å². The number of nitrogens with one attached hydrogen (secondary N) is 1. The summed E-state index contributed by atoms with van der Waals surface area (Å²) in [5.41, 5.74) is 0. The van der Waals surface area contributed by atoms with Crippen molar-refractivity contribution < 1.29 is 9.47 Å². The fraction of sp³-hybridized carbons (Fsp3) is 0.625. The van der Waals surface area contributed by atoms with Crippen LogP contribution in [0.15, 0.2) is 24.3 Å². The van der Waals surface area contributed by atoms with Gasteiger partial charge >= 0.3 is 0 Å². The van der Waals surface area contributed by atoms with Gasteiger partial charge < -0.3 is 14.8 Å². The highest BCUT2D eigenvalue weighted by atomic mass is 32.2. The maximum absolute atomic E-state index is 5.78. The van der Waals surface area contributed by atoms with E-state index < -0.39 is 0 Å². The topological polar surface area (TPSA) is 30.5 Å². The molecule has 1 fully saturated rings. The molecular weight excluding hydrogens is 270 g/mol. The monoisotopic (exact) mass is 295 g/mol. The van der Waals surface area contributed by atoms with E-state index in [4.69, 9.17) is 9.47 Å². The lowest BCUT2D eigenvalue weighted by molar-refractivity contribution is 0.276. The van der Waals surface area contributed by atoms with E-state index in [1.807, 2.05) is 36.0 Å². The molecule has 2 rings (SSSR count). The Morgan fingerprint density at radius 1 is 1.25 bits per heavy atom. The molecule has 0 radical (unpaired) electrons. The molecule has 2 unspecified atom stereocenters. The molecule has 0 aromatic heterocycles. The lowest BCUT2D eigenvalue weighted by atomic mass is 9.95. The van der Waals surface area contributed by atoms with E-state index in [1.165, 1.54) is 25.7 Å². The second-order valence-electron chi connectivity index (χ2n) is 5.17.